The third kappa shape index (κ3) is 2.34. The Kier molecular flexibility index (Phi) is 3.18. The summed E-state index contributed by atoms with van der Waals surface area (Å²) in [4.78, 5) is 45.8. The van der Waals surface area contributed by atoms with Crippen molar-refractivity contribution in [1.29, 1.82) is 0 Å². The highest BCUT2D eigenvalue weighted by Crippen LogP contribution is 2.31. The molecule has 3 rings (SSSR count). The molecular formula is C16H9NO6. The van der Waals surface area contributed by atoms with E-state index < -0.39 is 23.8 Å². The van der Waals surface area contributed by atoms with Crippen LogP contribution in [0.1, 0.15) is 41.4 Å². The molecule has 0 unspecified atom stereocenters. The first kappa shape index (κ1) is 14.5. The maximum Gasteiger partial charge on any atom is 0.335 e. The first-order valence-electron chi connectivity index (χ1n) is 6.49. The van der Waals surface area contributed by atoms with Crippen molar-refractivity contribution >= 4 is 23.8 Å². The monoisotopic (exact) mass is 311 g/mol. The van der Waals surface area contributed by atoms with E-state index >= 15 is 0 Å². The van der Waals surface area contributed by atoms with E-state index in [0.29, 0.717) is 5.56 Å². The summed E-state index contributed by atoms with van der Waals surface area (Å²) in [6, 6.07) is 8.03. The molecule has 114 valence electrons. The molecule has 0 aliphatic carbocycles. The van der Waals surface area contributed by atoms with Crippen LogP contribution in [0.4, 0.5) is 0 Å². The first-order valence-corrected chi connectivity index (χ1v) is 6.49. The number of nitrogens with one attached hydrogen (secondary N) is 1. The average molecular weight is 311 g/mol. The van der Waals surface area contributed by atoms with Crippen LogP contribution in [0.25, 0.3) is 11.1 Å². The van der Waals surface area contributed by atoms with Gasteiger partial charge in [-0.2, -0.15) is 0 Å². The minimum absolute atomic E-state index is 0.00721. The lowest BCUT2D eigenvalue weighted by atomic mass is 9.93. The number of hydrogen-bond donors (Lipinski definition) is 3. The van der Waals surface area contributed by atoms with Crippen molar-refractivity contribution in [1.82, 2.24) is 5.32 Å². The van der Waals surface area contributed by atoms with E-state index in [1.807, 2.05) is 0 Å². The summed E-state index contributed by atoms with van der Waals surface area (Å²) in [5.41, 5.74) is 0.709. The van der Waals surface area contributed by atoms with Gasteiger partial charge in [0.15, 0.2) is 0 Å². The highest BCUT2D eigenvalue weighted by atomic mass is 16.4. The topological polar surface area (TPSA) is 121 Å². The molecule has 2 aromatic rings. The van der Waals surface area contributed by atoms with E-state index in [0.717, 1.165) is 6.07 Å². The van der Waals surface area contributed by atoms with Crippen LogP contribution < -0.4 is 5.32 Å². The van der Waals surface area contributed by atoms with Gasteiger partial charge in [-0.3, -0.25) is 14.9 Å². The molecule has 0 saturated carbocycles. The Morgan fingerprint density at radius 3 is 1.91 bits per heavy atom. The van der Waals surface area contributed by atoms with E-state index in [1.54, 1.807) is 0 Å². The molecule has 2 amide bonds. The molecule has 0 aromatic heterocycles. The number of fused-ring (bicyclic) bond motifs is 1. The van der Waals surface area contributed by atoms with Gasteiger partial charge >= 0.3 is 11.9 Å². The first-order chi connectivity index (χ1) is 10.9. The van der Waals surface area contributed by atoms with Gasteiger partial charge < -0.3 is 10.2 Å². The van der Waals surface area contributed by atoms with Crippen LogP contribution in [0.15, 0.2) is 36.4 Å². The van der Waals surface area contributed by atoms with Crippen LogP contribution >= 0.6 is 0 Å². The number of benzene rings is 2. The number of carbonyl (C=O) groups excluding carboxylic acids is 2. The van der Waals surface area contributed by atoms with Crippen LogP contribution in [0.2, 0.25) is 0 Å². The van der Waals surface area contributed by atoms with Crippen molar-refractivity contribution in [3.63, 3.8) is 0 Å². The van der Waals surface area contributed by atoms with Gasteiger partial charge in [-0.25, -0.2) is 9.59 Å². The van der Waals surface area contributed by atoms with Gasteiger partial charge in [0, 0.05) is 0 Å². The number of carboxylic acids is 2. The van der Waals surface area contributed by atoms with Gasteiger partial charge in [0.1, 0.15) is 0 Å². The van der Waals surface area contributed by atoms with Crippen molar-refractivity contribution in [2.45, 2.75) is 0 Å². The largest absolute Gasteiger partial charge is 0.478 e. The van der Waals surface area contributed by atoms with E-state index in [9.17, 15) is 19.2 Å². The molecular weight excluding hydrogens is 302 g/mol. The summed E-state index contributed by atoms with van der Waals surface area (Å²) in [6.07, 6.45) is 0. The molecule has 0 bridgehead atoms. The normalized spacial score (nSPS) is 12.7. The maximum absolute atomic E-state index is 12.0. The Balaban J connectivity index is 2.24. The Morgan fingerprint density at radius 2 is 1.35 bits per heavy atom. The molecule has 23 heavy (non-hydrogen) atoms. The second-order valence-corrected chi connectivity index (χ2v) is 4.92. The molecule has 0 saturated heterocycles. The van der Waals surface area contributed by atoms with E-state index in [1.165, 1.54) is 30.3 Å². The molecule has 0 fully saturated rings. The van der Waals surface area contributed by atoms with Gasteiger partial charge in [0.25, 0.3) is 11.8 Å². The Labute approximate surface area is 129 Å². The van der Waals surface area contributed by atoms with Crippen LogP contribution in [0.5, 0.6) is 0 Å². The van der Waals surface area contributed by atoms with Gasteiger partial charge in [-0.1, -0.05) is 12.1 Å². The van der Waals surface area contributed by atoms with Crippen molar-refractivity contribution in [2.24, 2.45) is 0 Å². The second-order valence-electron chi connectivity index (χ2n) is 4.92. The van der Waals surface area contributed by atoms with E-state index in [2.05, 4.69) is 5.32 Å². The summed E-state index contributed by atoms with van der Waals surface area (Å²) in [5, 5.41) is 20.2. The van der Waals surface area contributed by atoms with Gasteiger partial charge in [-0.15, -0.1) is 0 Å². The molecule has 2 aromatic carbocycles. The van der Waals surface area contributed by atoms with Gasteiger partial charge in [-0.05, 0) is 35.4 Å². The molecule has 0 spiro atoms. The summed E-state index contributed by atoms with van der Waals surface area (Å²) in [6.45, 7) is 0. The number of rotatable bonds is 3. The lowest BCUT2D eigenvalue weighted by molar-refractivity contribution is 0.0686. The number of carbonyl (C=O) groups is 4. The summed E-state index contributed by atoms with van der Waals surface area (Å²) in [7, 11) is 0. The van der Waals surface area contributed by atoms with Gasteiger partial charge in [0.2, 0.25) is 0 Å². The Morgan fingerprint density at radius 1 is 0.783 bits per heavy atom. The molecule has 0 atom stereocenters. The zero-order valence-electron chi connectivity index (χ0n) is 11.5. The van der Waals surface area contributed by atoms with Crippen LogP contribution in [0.3, 0.4) is 0 Å². The summed E-state index contributed by atoms with van der Waals surface area (Å²) < 4.78 is 0. The van der Waals surface area contributed by atoms with Crippen LogP contribution in [0, 0.1) is 0 Å². The van der Waals surface area contributed by atoms with Gasteiger partial charge in [0.05, 0.1) is 22.3 Å². The molecule has 7 heteroatoms. The summed E-state index contributed by atoms with van der Waals surface area (Å²) in [5.74, 6) is -3.60. The number of amides is 2. The highest BCUT2D eigenvalue weighted by Gasteiger charge is 2.31. The average Bonchev–Trinajstić information content (AvgIpc) is 2.81. The Hall–Kier alpha value is -3.48. The molecule has 1 heterocycles. The third-order valence-corrected chi connectivity index (χ3v) is 3.53. The third-order valence-electron chi connectivity index (χ3n) is 3.53. The van der Waals surface area contributed by atoms with Crippen molar-refractivity contribution in [3.05, 3.63) is 58.7 Å². The highest BCUT2D eigenvalue weighted by molar-refractivity contribution is 6.24. The quantitative estimate of drug-likeness (QED) is 0.741. The summed E-state index contributed by atoms with van der Waals surface area (Å²) >= 11 is 0. The fraction of sp³-hybridized carbons (Fsp3) is 0. The fourth-order valence-corrected chi connectivity index (χ4v) is 2.44. The molecule has 1 aliphatic heterocycles. The lowest BCUT2D eigenvalue weighted by Crippen LogP contribution is -2.20. The number of carboxylic acid groups (broad SMARTS) is 2. The fourth-order valence-electron chi connectivity index (χ4n) is 2.44. The minimum Gasteiger partial charge on any atom is -0.478 e. The number of aromatic carboxylic acids is 2. The molecule has 7 nitrogen and oxygen atoms in total. The smallest absolute Gasteiger partial charge is 0.335 e. The molecule has 3 N–H and O–H groups in total. The zero-order chi connectivity index (χ0) is 16.7. The molecule has 1 aliphatic rings. The predicted octanol–water partition coefficient (Wildman–Crippen LogP) is 1.63. The number of hydrogen-bond acceptors (Lipinski definition) is 4. The van der Waals surface area contributed by atoms with Crippen LogP contribution in [-0.4, -0.2) is 34.0 Å². The maximum atomic E-state index is 12.0. The lowest BCUT2D eigenvalue weighted by Gasteiger charge is -2.08. The predicted molar refractivity (Wildman–Crippen MR) is 77.6 cm³/mol. The minimum atomic E-state index is -1.23. The van der Waals surface area contributed by atoms with Crippen molar-refractivity contribution in [2.75, 3.05) is 0 Å². The SMILES string of the molecule is O=C(O)c1ccc(-c2cc(C(=O)O)cc3c2C(=O)NC3=O)cc1. The van der Waals surface area contributed by atoms with Crippen molar-refractivity contribution in [3.8, 4) is 11.1 Å². The second kappa shape index (κ2) is 5.06. The number of imide groups is 1. The Bertz CT molecular complexity index is 882. The van der Waals surface area contributed by atoms with E-state index in [-0.39, 0.29) is 27.8 Å². The zero-order valence-corrected chi connectivity index (χ0v) is 11.5. The standard InChI is InChI=1S/C16H9NO6/c18-13-11-6-9(16(22)23)5-10(12(11)14(19)17-13)7-1-3-8(4-2-7)15(20)21/h1-6H,(H,20,21)(H,22,23)(H,17,18,19). The molecule has 0 radical (unpaired) electrons. The van der Waals surface area contributed by atoms with Crippen LogP contribution in [-0.2, 0) is 0 Å². The van der Waals surface area contributed by atoms with Crippen molar-refractivity contribution < 1.29 is 29.4 Å². The van der Waals surface area contributed by atoms with E-state index in [4.69, 9.17) is 10.2 Å².